The third-order valence-corrected chi connectivity index (χ3v) is 4.39. The third-order valence-electron chi connectivity index (χ3n) is 4.03. The molecule has 0 aliphatic heterocycles. The topological polar surface area (TPSA) is 89.6 Å². The van der Waals surface area contributed by atoms with E-state index in [1.54, 1.807) is 6.92 Å². The Morgan fingerprint density at radius 1 is 1.22 bits per heavy atom. The lowest BCUT2D eigenvalue weighted by Gasteiger charge is -2.07. The van der Waals surface area contributed by atoms with Gasteiger partial charge < -0.3 is 14.7 Å². The van der Waals surface area contributed by atoms with Crippen molar-refractivity contribution < 1.29 is 31.7 Å². The fourth-order valence-corrected chi connectivity index (χ4v) is 2.64. The Hall–Kier alpha value is -3.47. The highest BCUT2D eigenvalue weighted by Crippen LogP contribution is 2.29. The van der Waals surface area contributed by atoms with Crippen molar-refractivity contribution in [3.05, 3.63) is 70.3 Å². The van der Waals surface area contributed by atoms with Crippen LogP contribution >= 0.6 is 11.6 Å². The molecule has 3 rings (SSSR count). The maximum Gasteiger partial charge on any atom is 0.471 e. The molecule has 0 aliphatic carbocycles. The number of oxime groups is 1. The van der Waals surface area contributed by atoms with Gasteiger partial charge in [0.25, 0.3) is 5.91 Å². The van der Waals surface area contributed by atoms with Gasteiger partial charge in [-0.15, -0.1) is 0 Å². The maximum atomic E-state index is 13.0. The Morgan fingerprint density at radius 3 is 2.56 bits per heavy atom. The molecule has 0 saturated carbocycles. The number of hydrogen-bond donors (Lipinski definition) is 1. The van der Waals surface area contributed by atoms with Gasteiger partial charge in [0, 0.05) is 16.7 Å². The molecule has 0 fully saturated rings. The summed E-state index contributed by atoms with van der Waals surface area (Å²) in [4.78, 5) is 20.7. The first-order valence-electron chi connectivity index (χ1n) is 9.02. The van der Waals surface area contributed by atoms with Gasteiger partial charge in [-0.25, -0.2) is 4.39 Å². The standard InChI is InChI=1S/C20H15ClF4N4O3/c1-11(28-31-10-14-6-7-15(22)8-16(14)21)9-26-18(30)13-4-2-12(3-5-13)17-27-19(32-29-17)20(23,24)25/h2-8H,9-10H2,1H3,(H,26,30). The van der Waals surface area contributed by atoms with Crippen molar-refractivity contribution >= 4 is 23.2 Å². The summed E-state index contributed by atoms with van der Waals surface area (Å²) in [6.07, 6.45) is -4.74. The fourth-order valence-electron chi connectivity index (χ4n) is 2.42. The van der Waals surface area contributed by atoms with E-state index in [9.17, 15) is 22.4 Å². The SMILES string of the molecule is CC(CNC(=O)c1ccc(-c2noc(C(F)(F)F)n2)cc1)=NOCc1ccc(F)cc1Cl. The van der Waals surface area contributed by atoms with Crippen molar-refractivity contribution in [1.82, 2.24) is 15.5 Å². The Balaban J connectivity index is 1.52. The van der Waals surface area contributed by atoms with E-state index in [0.29, 0.717) is 11.3 Å². The highest BCUT2D eigenvalue weighted by molar-refractivity contribution is 6.31. The van der Waals surface area contributed by atoms with Gasteiger partial charge >= 0.3 is 12.1 Å². The van der Waals surface area contributed by atoms with E-state index in [2.05, 4.69) is 25.1 Å². The van der Waals surface area contributed by atoms with E-state index in [1.165, 1.54) is 36.4 Å². The van der Waals surface area contributed by atoms with E-state index >= 15 is 0 Å². The van der Waals surface area contributed by atoms with Crippen molar-refractivity contribution in [2.45, 2.75) is 19.7 Å². The summed E-state index contributed by atoms with van der Waals surface area (Å²) < 4.78 is 54.8. The van der Waals surface area contributed by atoms with Crippen molar-refractivity contribution in [3.63, 3.8) is 0 Å². The van der Waals surface area contributed by atoms with Gasteiger partial charge in [-0.3, -0.25) is 4.79 Å². The molecule has 168 valence electrons. The summed E-state index contributed by atoms with van der Waals surface area (Å²) in [5, 5.41) is 9.98. The summed E-state index contributed by atoms with van der Waals surface area (Å²) >= 11 is 5.90. The Labute approximate surface area is 184 Å². The van der Waals surface area contributed by atoms with Gasteiger partial charge in [0.1, 0.15) is 12.4 Å². The lowest BCUT2D eigenvalue weighted by molar-refractivity contribution is -0.159. The molecule has 1 heterocycles. The van der Waals surface area contributed by atoms with Crippen molar-refractivity contribution in [2.24, 2.45) is 5.16 Å². The number of alkyl halides is 3. The predicted octanol–water partition coefficient (Wildman–Crippen LogP) is 4.87. The molecular formula is C20H15ClF4N4O3. The van der Waals surface area contributed by atoms with E-state index in [0.717, 1.165) is 6.07 Å². The van der Waals surface area contributed by atoms with Crippen LogP contribution in [0, 0.1) is 5.82 Å². The summed E-state index contributed by atoms with van der Waals surface area (Å²) in [6, 6.07) is 9.51. The molecule has 7 nitrogen and oxygen atoms in total. The summed E-state index contributed by atoms with van der Waals surface area (Å²) in [7, 11) is 0. The van der Waals surface area contributed by atoms with Gasteiger partial charge in [0.2, 0.25) is 5.82 Å². The first-order valence-corrected chi connectivity index (χ1v) is 9.40. The lowest BCUT2D eigenvalue weighted by atomic mass is 10.1. The molecule has 1 amide bonds. The number of carbonyl (C=O) groups excluding carboxylic acids is 1. The summed E-state index contributed by atoms with van der Waals surface area (Å²) in [5.74, 6) is -2.59. The monoisotopic (exact) mass is 470 g/mol. The minimum atomic E-state index is -4.74. The molecule has 0 bridgehead atoms. The summed E-state index contributed by atoms with van der Waals surface area (Å²) in [5.41, 5.74) is 1.53. The van der Waals surface area contributed by atoms with Gasteiger partial charge in [0.15, 0.2) is 0 Å². The van der Waals surface area contributed by atoms with Crippen LogP contribution in [0.15, 0.2) is 52.1 Å². The molecule has 0 spiro atoms. The normalized spacial score (nSPS) is 12.0. The van der Waals surface area contributed by atoms with Gasteiger partial charge in [0.05, 0.1) is 17.3 Å². The smallest absolute Gasteiger partial charge is 0.391 e. The molecule has 1 aromatic heterocycles. The third kappa shape index (κ3) is 6.03. The van der Waals surface area contributed by atoms with Gasteiger partial charge in [-0.2, -0.15) is 18.2 Å². The highest BCUT2D eigenvalue weighted by atomic mass is 35.5. The van der Waals surface area contributed by atoms with Gasteiger partial charge in [-0.1, -0.05) is 40.1 Å². The molecule has 0 saturated heterocycles. The molecule has 32 heavy (non-hydrogen) atoms. The first kappa shape index (κ1) is 23.2. The molecule has 12 heteroatoms. The zero-order valence-electron chi connectivity index (χ0n) is 16.4. The number of aromatic nitrogens is 2. The van der Waals surface area contributed by atoms with E-state index in [-0.39, 0.29) is 35.1 Å². The Kier molecular flexibility index (Phi) is 7.08. The summed E-state index contributed by atoms with van der Waals surface area (Å²) in [6.45, 7) is 1.74. The van der Waals surface area contributed by atoms with Crippen LogP contribution in [0.5, 0.6) is 0 Å². The van der Waals surface area contributed by atoms with Crippen LogP contribution in [0.2, 0.25) is 5.02 Å². The number of benzene rings is 2. The minimum Gasteiger partial charge on any atom is -0.391 e. The second kappa shape index (κ2) is 9.77. The Morgan fingerprint density at radius 2 is 1.94 bits per heavy atom. The van der Waals surface area contributed by atoms with Crippen LogP contribution in [-0.2, 0) is 17.6 Å². The molecule has 3 aromatic rings. The van der Waals surface area contributed by atoms with Crippen LogP contribution in [0.1, 0.15) is 28.7 Å². The second-order valence-corrected chi connectivity index (χ2v) is 6.92. The highest BCUT2D eigenvalue weighted by Gasteiger charge is 2.38. The van der Waals surface area contributed by atoms with Crippen molar-refractivity contribution in [2.75, 3.05) is 6.54 Å². The zero-order valence-corrected chi connectivity index (χ0v) is 17.2. The second-order valence-electron chi connectivity index (χ2n) is 6.52. The van der Waals surface area contributed by atoms with E-state index in [4.69, 9.17) is 16.4 Å². The maximum absolute atomic E-state index is 13.0. The molecule has 0 radical (unpaired) electrons. The molecular weight excluding hydrogens is 456 g/mol. The van der Waals surface area contributed by atoms with Crippen molar-refractivity contribution in [3.8, 4) is 11.4 Å². The van der Waals surface area contributed by atoms with Gasteiger partial charge in [-0.05, 0) is 31.2 Å². The van der Waals surface area contributed by atoms with Crippen LogP contribution in [0.3, 0.4) is 0 Å². The van der Waals surface area contributed by atoms with E-state index < -0.39 is 23.8 Å². The van der Waals surface area contributed by atoms with Crippen LogP contribution in [0.25, 0.3) is 11.4 Å². The zero-order chi connectivity index (χ0) is 23.3. The molecule has 1 N–H and O–H groups in total. The number of nitrogens with zero attached hydrogens (tertiary/aromatic N) is 3. The first-order chi connectivity index (χ1) is 15.1. The Bertz CT molecular complexity index is 1130. The number of halogens is 5. The van der Waals surface area contributed by atoms with E-state index in [1.807, 2.05) is 0 Å². The molecule has 0 atom stereocenters. The molecule has 0 aliphatic rings. The lowest BCUT2D eigenvalue weighted by Crippen LogP contribution is -2.28. The number of amides is 1. The van der Waals surface area contributed by atoms with Crippen molar-refractivity contribution in [1.29, 1.82) is 0 Å². The quantitative estimate of drug-likeness (QED) is 0.302. The molecule has 0 unspecified atom stereocenters. The van der Waals surface area contributed by atoms with Crippen LogP contribution in [0.4, 0.5) is 17.6 Å². The minimum absolute atomic E-state index is 0.0258. The van der Waals surface area contributed by atoms with Crippen LogP contribution < -0.4 is 5.32 Å². The number of rotatable bonds is 7. The number of carbonyl (C=O) groups is 1. The van der Waals surface area contributed by atoms with Crippen LogP contribution in [-0.4, -0.2) is 28.3 Å². The molecule has 2 aromatic carbocycles. The predicted molar refractivity (Wildman–Crippen MR) is 106 cm³/mol. The average molecular weight is 471 g/mol. The largest absolute Gasteiger partial charge is 0.471 e. The number of hydrogen-bond acceptors (Lipinski definition) is 6. The number of nitrogens with one attached hydrogen (secondary N) is 1. The average Bonchev–Trinajstić information content (AvgIpc) is 3.25. The fraction of sp³-hybridized carbons (Fsp3) is 0.200.